The zero-order chi connectivity index (χ0) is 13.8. The number of aliphatic carboxylic acids is 1. The molecule has 1 amide bonds. The van der Waals surface area contributed by atoms with E-state index in [4.69, 9.17) is 5.11 Å². The molecule has 1 aliphatic heterocycles. The Morgan fingerprint density at radius 1 is 1.37 bits per heavy atom. The molecule has 0 aliphatic carbocycles. The number of carboxylic acid groups (broad SMARTS) is 1. The van der Waals surface area contributed by atoms with Gasteiger partial charge >= 0.3 is 5.97 Å². The van der Waals surface area contributed by atoms with E-state index in [0.717, 1.165) is 12.0 Å². The highest BCUT2D eigenvalue weighted by Crippen LogP contribution is 2.23. The molecule has 0 bridgehead atoms. The van der Waals surface area contributed by atoms with Crippen LogP contribution in [0.2, 0.25) is 0 Å². The van der Waals surface area contributed by atoms with Crippen LogP contribution < -0.4 is 0 Å². The lowest BCUT2D eigenvalue weighted by Crippen LogP contribution is -2.38. The van der Waals surface area contributed by atoms with Crippen LogP contribution in [0.4, 0.5) is 0 Å². The molecule has 0 spiro atoms. The number of hydrogen-bond donors (Lipinski definition) is 1. The molecule has 1 aromatic rings. The molecule has 2 rings (SSSR count). The number of likely N-dealkylation sites (tertiary alicyclic amines) is 1. The van der Waals surface area contributed by atoms with E-state index in [1.54, 1.807) is 0 Å². The van der Waals surface area contributed by atoms with Gasteiger partial charge in [-0.15, -0.1) is 0 Å². The van der Waals surface area contributed by atoms with E-state index in [9.17, 15) is 9.59 Å². The lowest BCUT2D eigenvalue weighted by Gasteiger charge is -2.31. The summed E-state index contributed by atoms with van der Waals surface area (Å²) in [5.74, 6) is -0.748. The topological polar surface area (TPSA) is 57.6 Å². The summed E-state index contributed by atoms with van der Waals surface area (Å²) in [6.07, 6.45) is 1.24. The van der Waals surface area contributed by atoms with Crippen LogP contribution in [0.3, 0.4) is 0 Å². The Morgan fingerprint density at radius 3 is 2.63 bits per heavy atom. The van der Waals surface area contributed by atoms with Gasteiger partial charge < -0.3 is 10.0 Å². The number of amides is 1. The number of piperidine rings is 1. The number of rotatable bonds is 4. The van der Waals surface area contributed by atoms with Crippen LogP contribution in [0.5, 0.6) is 0 Å². The van der Waals surface area contributed by atoms with E-state index in [2.05, 4.69) is 0 Å². The maximum absolute atomic E-state index is 12.0. The Balaban J connectivity index is 1.91. The molecule has 4 heteroatoms. The minimum Gasteiger partial charge on any atom is -0.481 e. The largest absolute Gasteiger partial charge is 0.481 e. The highest BCUT2D eigenvalue weighted by molar-refractivity contribution is 5.78. The average molecular weight is 261 g/mol. The van der Waals surface area contributed by atoms with Gasteiger partial charge in [-0.3, -0.25) is 9.59 Å². The number of carbonyl (C=O) groups is 2. The standard InChI is InChI=1S/C15H19NO3/c1-11-2-4-12(5-3-11)10-16-7-6-13(8-14(16)17)9-15(18)19/h2-5,13H,6-10H2,1H3,(H,18,19). The molecular formula is C15H19NO3. The van der Waals surface area contributed by atoms with Gasteiger partial charge in [0.25, 0.3) is 0 Å². The molecule has 1 aromatic carbocycles. The lowest BCUT2D eigenvalue weighted by atomic mass is 9.93. The van der Waals surface area contributed by atoms with Crippen LogP contribution in [-0.4, -0.2) is 28.4 Å². The second-order valence-electron chi connectivity index (χ2n) is 5.26. The van der Waals surface area contributed by atoms with Gasteiger partial charge in [0.15, 0.2) is 0 Å². The van der Waals surface area contributed by atoms with Crippen molar-refractivity contribution in [1.29, 1.82) is 0 Å². The Morgan fingerprint density at radius 2 is 2.05 bits per heavy atom. The zero-order valence-corrected chi connectivity index (χ0v) is 11.1. The summed E-state index contributed by atoms with van der Waals surface area (Å²) in [6.45, 7) is 3.32. The third kappa shape index (κ3) is 3.81. The fourth-order valence-corrected chi connectivity index (χ4v) is 2.44. The molecule has 1 saturated heterocycles. The summed E-state index contributed by atoms with van der Waals surface area (Å²) >= 11 is 0. The Hall–Kier alpha value is -1.84. The SMILES string of the molecule is Cc1ccc(CN2CCC(CC(=O)O)CC2=O)cc1. The lowest BCUT2D eigenvalue weighted by molar-refractivity contribution is -0.140. The maximum atomic E-state index is 12.0. The third-order valence-corrected chi connectivity index (χ3v) is 3.58. The summed E-state index contributed by atoms with van der Waals surface area (Å²) in [7, 11) is 0. The summed E-state index contributed by atoms with van der Waals surface area (Å²) in [5, 5.41) is 8.75. The molecule has 1 unspecified atom stereocenters. The Bertz CT molecular complexity index is 467. The van der Waals surface area contributed by atoms with Gasteiger partial charge in [0.1, 0.15) is 0 Å². The zero-order valence-electron chi connectivity index (χ0n) is 11.1. The predicted molar refractivity (Wildman–Crippen MR) is 71.6 cm³/mol. The van der Waals surface area contributed by atoms with Crippen molar-refractivity contribution in [2.75, 3.05) is 6.54 Å². The highest BCUT2D eigenvalue weighted by Gasteiger charge is 2.27. The van der Waals surface area contributed by atoms with Crippen molar-refractivity contribution in [2.45, 2.75) is 32.7 Å². The molecule has 102 valence electrons. The summed E-state index contributed by atoms with van der Waals surface area (Å²) in [5.41, 5.74) is 2.32. The van der Waals surface area contributed by atoms with Crippen molar-refractivity contribution in [3.8, 4) is 0 Å². The Kier molecular flexibility index (Phi) is 4.20. The minimum atomic E-state index is -0.815. The van der Waals surface area contributed by atoms with Gasteiger partial charge in [-0.1, -0.05) is 29.8 Å². The molecule has 0 saturated carbocycles. The molecule has 0 radical (unpaired) electrons. The Labute approximate surface area is 113 Å². The first-order valence-corrected chi connectivity index (χ1v) is 6.59. The van der Waals surface area contributed by atoms with Crippen LogP contribution in [0.1, 0.15) is 30.4 Å². The normalized spacial score (nSPS) is 19.5. The van der Waals surface area contributed by atoms with E-state index >= 15 is 0 Å². The molecule has 1 heterocycles. The van der Waals surface area contributed by atoms with E-state index < -0.39 is 5.97 Å². The van der Waals surface area contributed by atoms with Gasteiger partial charge in [0, 0.05) is 25.9 Å². The monoisotopic (exact) mass is 261 g/mol. The molecule has 4 nitrogen and oxygen atoms in total. The van der Waals surface area contributed by atoms with Gasteiger partial charge in [0.2, 0.25) is 5.91 Å². The number of carboxylic acids is 1. The summed E-state index contributed by atoms with van der Waals surface area (Å²) < 4.78 is 0. The van der Waals surface area contributed by atoms with Crippen LogP contribution >= 0.6 is 0 Å². The molecule has 1 atom stereocenters. The molecule has 1 aliphatic rings. The van der Waals surface area contributed by atoms with Crippen LogP contribution in [0.15, 0.2) is 24.3 Å². The van der Waals surface area contributed by atoms with Crippen LogP contribution in [-0.2, 0) is 16.1 Å². The van der Waals surface area contributed by atoms with Crippen molar-refractivity contribution in [3.05, 3.63) is 35.4 Å². The molecule has 1 fully saturated rings. The van der Waals surface area contributed by atoms with Crippen molar-refractivity contribution in [3.63, 3.8) is 0 Å². The van der Waals surface area contributed by atoms with Crippen LogP contribution in [0, 0.1) is 12.8 Å². The van der Waals surface area contributed by atoms with Crippen molar-refractivity contribution < 1.29 is 14.7 Å². The highest BCUT2D eigenvalue weighted by atomic mass is 16.4. The first-order valence-electron chi connectivity index (χ1n) is 6.59. The predicted octanol–water partition coefficient (Wildman–Crippen LogP) is 2.21. The van der Waals surface area contributed by atoms with Crippen molar-refractivity contribution in [2.24, 2.45) is 5.92 Å². The van der Waals surface area contributed by atoms with E-state index in [0.29, 0.717) is 19.5 Å². The van der Waals surface area contributed by atoms with Gasteiger partial charge in [-0.05, 0) is 24.8 Å². The number of nitrogens with zero attached hydrogens (tertiary/aromatic N) is 1. The van der Waals surface area contributed by atoms with Gasteiger partial charge in [0.05, 0.1) is 0 Å². The van der Waals surface area contributed by atoms with E-state index in [1.165, 1.54) is 5.56 Å². The van der Waals surface area contributed by atoms with Gasteiger partial charge in [-0.25, -0.2) is 0 Å². The second-order valence-corrected chi connectivity index (χ2v) is 5.26. The summed E-state index contributed by atoms with van der Waals surface area (Å²) in [6, 6.07) is 8.14. The fourth-order valence-electron chi connectivity index (χ4n) is 2.44. The second kappa shape index (κ2) is 5.87. The first-order chi connectivity index (χ1) is 9.04. The minimum absolute atomic E-state index is 0.000678. The van der Waals surface area contributed by atoms with Crippen molar-refractivity contribution >= 4 is 11.9 Å². The molecular weight excluding hydrogens is 242 g/mol. The van der Waals surface area contributed by atoms with Crippen molar-refractivity contribution in [1.82, 2.24) is 4.90 Å². The van der Waals surface area contributed by atoms with E-state index in [1.807, 2.05) is 36.1 Å². The fraction of sp³-hybridized carbons (Fsp3) is 0.467. The quantitative estimate of drug-likeness (QED) is 0.904. The van der Waals surface area contributed by atoms with Crippen LogP contribution in [0.25, 0.3) is 0 Å². The number of carbonyl (C=O) groups excluding carboxylic acids is 1. The first kappa shape index (κ1) is 13.6. The van der Waals surface area contributed by atoms with E-state index in [-0.39, 0.29) is 18.2 Å². The summed E-state index contributed by atoms with van der Waals surface area (Å²) in [4.78, 5) is 24.5. The molecule has 0 aromatic heterocycles. The number of hydrogen-bond acceptors (Lipinski definition) is 2. The number of benzene rings is 1. The average Bonchev–Trinajstić information content (AvgIpc) is 2.34. The maximum Gasteiger partial charge on any atom is 0.303 e. The smallest absolute Gasteiger partial charge is 0.303 e. The molecule has 19 heavy (non-hydrogen) atoms. The molecule has 1 N–H and O–H groups in total. The van der Waals surface area contributed by atoms with Gasteiger partial charge in [-0.2, -0.15) is 0 Å². The third-order valence-electron chi connectivity index (χ3n) is 3.58. The number of aryl methyl sites for hydroxylation is 1.